The maximum Gasteiger partial charge on any atom is 0.277 e. The number of amides is 1. The number of para-hydroxylation sites is 1. The molecule has 0 aliphatic rings. The van der Waals surface area contributed by atoms with Gasteiger partial charge >= 0.3 is 0 Å². The monoisotopic (exact) mass is 315 g/mol. The van der Waals surface area contributed by atoms with Crippen LogP contribution in [0, 0.1) is 5.82 Å². The second-order valence-corrected chi connectivity index (χ2v) is 5.00. The molecule has 0 aromatic heterocycles. The summed E-state index contributed by atoms with van der Waals surface area (Å²) < 4.78 is 18.4. The predicted molar refractivity (Wildman–Crippen MR) is 88.4 cm³/mol. The zero-order chi connectivity index (χ0) is 16.7. The number of carbonyl (C=O) groups excluding carboxylic acids is 1. The Balaban J connectivity index is 1.80. The molecule has 6 heteroatoms. The van der Waals surface area contributed by atoms with Crippen LogP contribution in [0.3, 0.4) is 0 Å². The number of hydrogen-bond acceptors (Lipinski definition) is 4. The minimum Gasteiger partial charge on any atom is -0.481 e. The SMILES string of the molecule is CN(C)c1ccc(/C=N/NC(=O)COc2ccccc2F)cc1. The summed E-state index contributed by atoms with van der Waals surface area (Å²) in [6, 6.07) is 13.6. The number of hydrogen-bond donors (Lipinski definition) is 1. The van der Waals surface area contributed by atoms with Gasteiger partial charge in [0.25, 0.3) is 5.91 Å². The van der Waals surface area contributed by atoms with Crippen LogP contribution in [-0.4, -0.2) is 32.8 Å². The molecular weight excluding hydrogens is 297 g/mol. The molecule has 0 radical (unpaired) electrons. The lowest BCUT2D eigenvalue weighted by molar-refractivity contribution is -0.123. The van der Waals surface area contributed by atoms with Crippen molar-refractivity contribution in [1.29, 1.82) is 0 Å². The Kier molecular flexibility index (Phi) is 5.68. The number of benzene rings is 2. The number of carbonyl (C=O) groups is 1. The van der Waals surface area contributed by atoms with Crippen molar-refractivity contribution in [3.8, 4) is 5.75 Å². The summed E-state index contributed by atoms with van der Waals surface area (Å²) in [7, 11) is 3.91. The van der Waals surface area contributed by atoms with Crippen molar-refractivity contribution >= 4 is 17.8 Å². The van der Waals surface area contributed by atoms with E-state index in [1.165, 1.54) is 18.3 Å². The molecule has 23 heavy (non-hydrogen) atoms. The van der Waals surface area contributed by atoms with Gasteiger partial charge < -0.3 is 9.64 Å². The second kappa shape index (κ2) is 7.93. The van der Waals surface area contributed by atoms with E-state index in [2.05, 4.69) is 10.5 Å². The number of anilines is 1. The molecule has 2 aromatic rings. The summed E-state index contributed by atoms with van der Waals surface area (Å²) >= 11 is 0. The number of nitrogens with zero attached hydrogens (tertiary/aromatic N) is 2. The van der Waals surface area contributed by atoms with Gasteiger partial charge in [-0.2, -0.15) is 5.10 Å². The van der Waals surface area contributed by atoms with Crippen LogP contribution in [0.5, 0.6) is 5.75 Å². The van der Waals surface area contributed by atoms with Gasteiger partial charge in [-0.05, 0) is 29.8 Å². The van der Waals surface area contributed by atoms with E-state index in [0.29, 0.717) is 0 Å². The number of halogens is 1. The molecule has 2 aromatic carbocycles. The van der Waals surface area contributed by atoms with Crippen molar-refractivity contribution in [3.63, 3.8) is 0 Å². The fourth-order valence-electron chi connectivity index (χ4n) is 1.77. The molecule has 0 saturated heterocycles. The Hall–Kier alpha value is -2.89. The molecule has 0 saturated carbocycles. The highest BCUT2D eigenvalue weighted by molar-refractivity contribution is 5.83. The van der Waals surface area contributed by atoms with Gasteiger partial charge in [0.15, 0.2) is 18.2 Å². The number of rotatable bonds is 6. The van der Waals surface area contributed by atoms with Crippen molar-refractivity contribution in [2.24, 2.45) is 5.10 Å². The van der Waals surface area contributed by atoms with E-state index in [-0.39, 0.29) is 12.4 Å². The van der Waals surface area contributed by atoms with Gasteiger partial charge in [-0.15, -0.1) is 0 Å². The average molecular weight is 315 g/mol. The van der Waals surface area contributed by atoms with Gasteiger partial charge in [-0.1, -0.05) is 24.3 Å². The van der Waals surface area contributed by atoms with Crippen LogP contribution >= 0.6 is 0 Å². The molecule has 0 aliphatic carbocycles. The van der Waals surface area contributed by atoms with E-state index in [1.807, 2.05) is 43.3 Å². The summed E-state index contributed by atoms with van der Waals surface area (Å²) in [5.41, 5.74) is 4.26. The highest BCUT2D eigenvalue weighted by Crippen LogP contribution is 2.14. The predicted octanol–water partition coefficient (Wildman–Crippen LogP) is 2.42. The van der Waals surface area contributed by atoms with Crippen LogP contribution in [0.4, 0.5) is 10.1 Å². The van der Waals surface area contributed by atoms with Crippen molar-refractivity contribution in [3.05, 3.63) is 59.9 Å². The Morgan fingerprint density at radius 2 is 1.91 bits per heavy atom. The smallest absolute Gasteiger partial charge is 0.277 e. The fraction of sp³-hybridized carbons (Fsp3) is 0.176. The van der Waals surface area contributed by atoms with Crippen LogP contribution in [0.1, 0.15) is 5.56 Å². The van der Waals surface area contributed by atoms with Crippen LogP contribution in [-0.2, 0) is 4.79 Å². The van der Waals surface area contributed by atoms with Crippen molar-refractivity contribution < 1.29 is 13.9 Å². The quantitative estimate of drug-likeness (QED) is 0.658. The Bertz CT molecular complexity index is 684. The van der Waals surface area contributed by atoms with Gasteiger partial charge in [0, 0.05) is 19.8 Å². The fourth-order valence-corrected chi connectivity index (χ4v) is 1.77. The average Bonchev–Trinajstić information content (AvgIpc) is 2.54. The lowest BCUT2D eigenvalue weighted by atomic mass is 10.2. The highest BCUT2D eigenvalue weighted by Gasteiger charge is 2.05. The summed E-state index contributed by atoms with van der Waals surface area (Å²) in [5, 5.41) is 3.84. The second-order valence-electron chi connectivity index (χ2n) is 5.00. The number of ether oxygens (including phenoxy) is 1. The van der Waals surface area contributed by atoms with Crippen LogP contribution < -0.4 is 15.1 Å². The Labute approximate surface area is 134 Å². The topological polar surface area (TPSA) is 53.9 Å². The van der Waals surface area contributed by atoms with Crippen molar-refractivity contribution in [2.75, 3.05) is 25.6 Å². The van der Waals surface area contributed by atoms with Crippen LogP contribution in [0.15, 0.2) is 53.6 Å². The Morgan fingerprint density at radius 1 is 1.22 bits per heavy atom. The van der Waals surface area contributed by atoms with Crippen LogP contribution in [0.25, 0.3) is 0 Å². The first-order valence-corrected chi connectivity index (χ1v) is 7.03. The van der Waals surface area contributed by atoms with Crippen LogP contribution in [0.2, 0.25) is 0 Å². The molecule has 0 bridgehead atoms. The number of hydrazone groups is 1. The summed E-state index contributed by atoms with van der Waals surface area (Å²) in [6.45, 7) is -0.308. The van der Waals surface area contributed by atoms with Gasteiger partial charge in [-0.3, -0.25) is 4.79 Å². The van der Waals surface area contributed by atoms with E-state index in [9.17, 15) is 9.18 Å². The molecule has 120 valence electrons. The molecule has 0 heterocycles. The van der Waals surface area contributed by atoms with Gasteiger partial charge in [0.2, 0.25) is 0 Å². The van der Waals surface area contributed by atoms with Crippen molar-refractivity contribution in [1.82, 2.24) is 5.43 Å². The van der Waals surface area contributed by atoms with Gasteiger partial charge in [-0.25, -0.2) is 9.82 Å². The number of nitrogens with one attached hydrogen (secondary N) is 1. The first kappa shape index (κ1) is 16.5. The molecule has 5 nitrogen and oxygen atoms in total. The molecule has 0 unspecified atom stereocenters. The molecule has 0 fully saturated rings. The summed E-state index contributed by atoms with van der Waals surface area (Å²) in [4.78, 5) is 13.6. The minimum absolute atomic E-state index is 0.0332. The highest BCUT2D eigenvalue weighted by atomic mass is 19.1. The van der Waals surface area contributed by atoms with E-state index in [1.54, 1.807) is 12.1 Å². The molecular formula is C17H18FN3O2. The Morgan fingerprint density at radius 3 is 2.57 bits per heavy atom. The molecule has 0 spiro atoms. The van der Waals surface area contributed by atoms with Gasteiger partial charge in [0.1, 0.15) is 0 Å². The lowest BCUT2D eigenvalue weighted by Crippen LogP contribution is -2.24. The first-order chi connectivity index (χ1) is 11.1. The van der Waals surface area contributed by atoms with E-state index in [0.717, 1.165) is 11.3 Å². The molecule has 1 N–H and O–H groups in total. The van der Waals surface area contributed by atoms with E-state index in [4.69, 9.17) is 4.74 Å². The third-order valence-corrected chi connectivity index (χ3v) is 3.01. The zero-order valence-electron chi connectivity index (χ0n) is 13.0. The maximum atomic E-state index is 13.3. The lowest BCUT2D eigenvalue weighted by Gasteiger charge is -2.11. The van der Waals surface area contributed by atoms with E-state index < -0.39 is 11.7 Å². The molecule has 0 atom stereocenters. The normalized spacial score (nSPS) is 10.6. The summed E-state index contributed by atoms with van der Waals surface area (Å²) in [6.07, 6.45) is 1.53. The summed E-state index contributed by atoms with van der Waals surface area (Å²) in [5.74, 6) is -0.940. The third kappa shape index (κ3) is 5.10. The maximum absolute atomic E-state index is 13.3. The van der Waals surface area contributed by atoms with Gasteiger partial charge in [0.05, 0.1) is 6.21 Å². The third-order valence-electron chi connectivity index (χ3n) is 3.01. The van der Waals surface area contributed by atoms with Crippen molar-refractivity contribution in [2.45, 2.75) is 0 Å². The minimum atomic E-state index is -0.509. The largest absolute Gasteiger partial charge is 0.481 e. The molecule has 2 rings (SSSR count). The zero-order valence-corrected chi connectivity index (χ0v) is 13.0. The standard InChI is InChI=1S/C17H18FN3O2/c1-21(2)14-9-7-13(8-10-14)11-19-20-17(22)12-23-16-6-4-3-5-15(16)18/h3-11H,12H2,1-2H3,(H,20,22)/b19-11+. The van der Waals surface area contributed by atoms with E-state index >= 15 is 0 Å². The molecule has 1 amide bonds. The first-order valence-electron chi connectivity index (χ1n) is 7.03. The molecule has 0 aliphatic heterocycles.